The molecule has 0 amide bonds. The fraction of sp³-hybridized carbons (Fsp3) is 0.286. The summed E-state index contributed by atoms with van der Waals surface area (Å²) in [5, 5.41) is 13.7. The fourth-order valence-electron chi connectivity index (χ4n) is 3.45. The van der Waals surface area contributed by atoms with Crippen molar-refractivity contribution in [2.24, 2.45) is 0 Å². The Hall–Kier alpha value is -2.82. The monoisotopic (exact) mass is 458 g/mol. The number of nitrogens with zero attached hydrogens (tertiary/aromatic N) is 4. The lowest BCUT2D eigenvalue weighted by Gasteiger charge is -2.33. The average molecular weight is 459 g/mol. The molecule has 8 nitrogen and oxygen atoms in total. The summed E-state index contributed by atoms with van der Waals surface area (Å²) in [7, 11) is -3.69. The van der Waals surface area contributed by atoms with Crippen LogP contribution < -0.4 is 4.90 Å². The predicted octanol–water partition coefficient (Wildman–Crippen LogP) is 3.85. The van der Waals surface area contributed by atoms with Gasteiger partial charge in [-0.2, -0.15) is 4.31 Å². The second-order valence-corrected chi connectivity index (χ2v) is 10.2. The van der Waals surface area contributed by atoms with Crippen LogP contribution in [0.15, 0.2) is 52.7 Å². The molecule has 0 radical (unpaired) electrons. The van der Waals surface area contributed by atoms with Crippen molar-refractivity contribution in [3.63, 3.8) is 0 Å². The molecule has 0 unspecified atom stereocenters. The standard InChI is InChI=1S/C21H22N4O4S2/c1-15-3-4-17(13-16(15)2)20-14-30-21(22-20)23-9-11-24(12-10-23)31(28,29)19-7-5-18(6-8-19)25(26)27/h3-8,13-14H,9-12H2,1-2H3. The quantitative estimate of drug-likeness (QED) is 0.426. The van der Waals surface area contributed by atoms with Crippen LogP contribution in [-0.4, -0.2) is 48.8 Å². The van der Waals surface area contributed by atoms with Crippen LogP contribution >= 0.6 is 11.3 Å². The van der Waals surface area contributed by atoms with Gasteiger partial charge in [-0.1, -0.05) is 12.1 Å². The van der Waals surface area contributed by atoms with E-state index in [2.05, 4.69) is 36.9 Å². The smallest absolute Gasteiger partial charge is 0.269 e. The van der Waals surface area contributed by atoms with Crippen LogP contribution in [0.1, 0.15) is 11.1 Å². The third-order valence-corrected chi connectivity index (χ3v) is 8.30. The van der Waals surface area contributed by atoms with Gasteiger partial charge in [0.05, 0.1) is 15.5 Å². The van der Waals surface area contributed by atoms with E-state index >= 15 is 0 Å². The molecule has 0 spiro atoms. The highest BCUT2D eigenvalue weighted by molar-refractivity contribution is 7.89. The normalized spacial score (nSPS) is 15.2. The summed E-state index contributed by atoms with van der Waals surface area (Å²) in [5.41, 5.74) is 4.32. The summed E-state index contributed by atoms with van der Waals surface area (Å²) in [6, 6.07) is 11.3. The maximum absolute atomic E-state index is 12.9. The van der Waals surface area contributed by atoms with Crippen LogP contribution in [-0.2, 0) is 10.0 Å². The molecule has 1 aliphatic rings. The summed E-state index contributed by atoms with van der Waals surface area (Å²) in [4.78, 5) is 17.2. The third-order valence-electron chi connectivity index (χ3n) is 5.49. The second kappa shape index (κ2) is 8.37. The van der Waals surface area contributed by atoms with Gasteiger partial charge in [0.1, 0.15) is 0 Å². The lowest BCUT2D eigenvalue weighted by Crippen LogP contribution is -2.48. The van der Waals surface area contributed by atoms with Gasteiger partial charge in [0.25, 0.3) is 5.69 Å². The first-order valence-corrected chi connectivity index (χ1v) is 12.1. The van der Waals surface area contributed by atoms with Crippen LogP contribution in [0.2, 0.25) is 0 Å². The SMILES string of the molecule is Cc1ccc(-c2csc(N3CCN(S(=O)(=O)c4ccc([N+](=O)[O-])cc4)CC3)n2)cc1C. The van der Waals surface area contributed by atoms with Crippen LogP contribution in [0.3, 0.4) is 0 Å². The number of rotatable bonds is 5. The van der Waals surface area contributed by atoms with E-state index in [-0.39, 0.29) is 10.6 Å². The Morgan fingerprint density at radius 1 is 1.00 bits per heavy atom. The highest BCUT2D eigenvalue weighted by Crippen LogP contribution is 2.30. The van der Waals surface area contributed by atoms with E-state index in [1.807, 2.05) is 5.38 Å². The Bertz CT molecular complexity index is 1210. The Morgan fingerprint density at radius 2 is 1.68 bits per heavy atom. The molecular formula is C21H22N4O4S2. The lowest BCUT2D eigenvalue weighted by atomic mass is 10.1. The van der Waals surface area contributed by atoms with Gasteiger partial charge in [0, 0.05) is 49.3 Å². The Balaban J connectivity index is 1.44. The van der Waals surface area contributed by atoms with Crippen molar-refractivity contribution >= 4 is 32.2 Å². The molecule has 0 N–H and O–H groups in total. The number of aryl methyl sites for hydroxylation is 2. The Kier molecular flexibility index (Phi) is 5.78. The largest absolute Gasteiger partial charge is 0.345 e. The van der Waals surface area contributed by atoms with E-state index in [4.69, 9.17) is 4.98 Å². The predicted molar refractivity (Wildman–Crippen MR) is 121 cm³/mol. The number of anilines is 1. The van der Waals surface area contributed by atoms with Crippen molar-refractivity contribution in [3.05, 3.63) is 69.1 Å². The number of hydrogen-bond acceptors (Lipinski definition) is 7. The molecule has 1 aromatic heterocycles. The maximum Gasteiger partial charge on any atom is 0.269 e. The van der Waals surface area contributed by atoms with Crippen molar-refractivity contribution in [3.8, 4) is 11.3 Å². The third kappa shape index (κ3) is 4.32. The summed E-state index contributed by atoms with van der Waals surface area (Å²) in [6.07, 6.45) is 0. The highest BCUT2D eigenvalue weighted by Gasteiger charge is 2.29. The average Bonchev–Trinajstić information content (AvgIpc) is 3.26. The van der Waals surface area contributed by atoms with Crippen molar-refractivity contribution in [2.75, 3.05) is 31.1 Å². The molecular weight excluding hydrogens is 436 g/mol. The fourth-order valence-corrected chi connectivity index (χ4v) is 5.76. The van der Waals surface area contributed by atoms with E-state index in [1.54, 1.807) is 11.3 Å². The first-order valence-electron chi connectivity index (χ1n) is 9.78. The number of nitro groups is 1. The summed E-state index contributed by atoms with van der Waals surface area (Å²) < 4.78 is 27.2. The minimum absolute atomic E-state index is 0.0674. The van der Waals surface area contributed by atoms with E-state index in [1.165, 1.54) is 39.7 Å². The van der Waals surface area contributed by atoms with Gasteiger partial charge in [-0.05, 0) is 43.2 Å². The van der Waals surface area contributed by atoms with Gasteiger partial charge in [-0.3, -0.25) is 10.1 Å². The molecule has 2 heterocycles. The van der Waals surface area contributed by atoms with Crippen molar-refractivity contribution in [1.29, 1.82) is 0 Å². The minimum Gasteiger partial charge on any atom is -0.345 e. The molecule has 1 aliphatic heterocycles. The highest BCUT2D eigenvalue weighted by atomic mass is 32.2. The number of piperazine rings is 1. The van der Waals surface area contributed by atoms with Gasteiger partial charge >= 0.3 is 0 Å². The number of hydrogen-bond donors (Lipinski definition) is 0. The molecule has 2 aromatic carbocycles. The van der Waals surface area contributed by atoms with Crippen molar-refractivity contribution in [2.45, 2.75) is 18.7 Å². The molecule has 10 heteroatoms. The maximum atomic E-state index is 12.9. The van der Waals surface area contributed by atoms with Gasteiger partial charge in [0.15, 0.2) is 5.13 Å². The molecule has 31 heavy (non-hydrogen) atoms. The van der Waals surface area contributed by atoms with E-state index in [0.717, 1.165) is 16.4 Å². The van der Waals surface area contributed by atoms with E-state index < -0.39 is 14.9 Å². The van der Waals surface area contributed by atoms with Crippen LogP contribution in [0.5, 0.6) is 0 Å². The number of non-ortho nitro benzene ring substituents is 1. The first kappa shape index (κ1) is 21.4. The number of sulfonamides is 1. The summed E-state index contributed by atoms with van der Waals surface area (Å²) in [6.45, 7) is 5.89. The zero-order valence-corrected chi connectivity index (χ0v) is 18.8. The van der Waals surface area contributed by atoms with Crippen LogP contribution in [0.4, 0.5) is 10.8 Å². The summed E-state index contributed by atoms with van der Waals surface area (Å²) >= 11 is 1.55. The van der Waals surface area contributed by atoms with Gasteiger partial charge in [-0.25, -0.2) is 13.4 Å². The van der Waals surface area contributed by atoms with E-state index in [0.29, 0.717) is 26.2 Å². The molecule has 0 bridgehead atoms. The Labute approximate surface area is 185 Å². The van der Waals surface area contributed by atoms with E-state index in [9.17, 15) is 18.5 Å². The van der Waals surface area contributed by atoms with Gasteiger partial charge in [-0.15, -0.1) is 11.3 Å². The molecule has 162 valence electrons. The minimum atomic E-state index is -3.69. The first-order chi connectivity index (χ1) is 14.8. The van der Waals surface area contributed by atoms with Crippen molar-refractivity contribution < 1.29 is 13.3 Å². The number of aromatic nitrogens is 1. The zero-order chi connectivity index (χ0) is 22.2. The molecule has 0 aliphatic carbocycles. The molecule has 4 rings (SSSR count). The van der Waals surface area contributed by atoms with Gasteiger partial charge in [0.2, 0.25) is 10.0 Å². The van der Waals surface area contributed by atoms with Crippen LogP contribution in [0.25, 0.3) is 11.3 Å². The Morgan fingerprint density at radius 3 is 2.29 bits per heavy atom. The molecule has 0 saturated carbocycles. The molecule has 3 aromatic rings. The lowest BCUT2D eigenvalue weighted by molar-refractivity contribution is -0.384. The molecule has 1 saturated heterocycles. The number of thiazole rings is 1. The number of nitro benzene ring substituents is 1. The molecule has 1 fully saturated rings. The topological polar surface area (TPSA) is 96.7 Å². The second-order valence-electron chi connectivity index (χ2n) is 7.46. The molecule has 0 atom stereocenters. The van der Waals surface area contributed by atoms with Crippen LogP contribution in [0, 0.1) is 24.0 Å². The zero-order valence-electron chi connectivity index (χ0n) is 17.2. The number of benzene rings is 2. The van der Waals surface area contributed by atoms with Gasteiger partial charge < -0.3 is 4.90 Å². The summed E-state index contributed by atoms with van der Waals surface area (Å²) in [5.74, 6) is 0. The van der Waals surface area contributed by atoms with Crippen molar-refractivity contribution in [1.82, 2.24) is 9.29 Å².